The minimum atomic E-state index is -1.59. The van der Waals surface area contributed by atoms with E-state index in [4.69, 9.17) is 9.57 Å². The van der Waals surface area contributed by atoms with Crippen LogP contribution in [0.5, 0.6) is 0 Å². The molecule has 0 aromatic heterocycles. The van der Waals surface area contributed by atoms with Gasteiger partial charge in [0, 0.05) is 0 Å². The van der Waals surface area contributed by atoms with Crippen molar-refractivity contribution in [1.29, 1.82) is 0 Å². The van der Waals surface area contributed by atoms with Gasteiger partial charge in [-0.25, -0.2) is 9.90 Å². The van der Waals surface area contributed by atoms with E-state index in [2.05, 4.69) is 0 Å². The lowest BCUT2D eigenvalue weighted by Crippen LogP contribution is -2.44. The largest absolute Gasteiger partial charge is 0.469 e. The minimum Gasteiger partial charge on any atom is -0.469 e. The highest BCUT2D eigenvalue weighted by Gasteiger charge is 2.56. The smallest absolute Gasteiger partial charge is 0.316 e. The Morgan fingerprint density at radius 2 is 2.00 bits per heavy atom. The summed E-state index contributed by atoms with van der Waals surface area (Å²) >= 11 is 0. The number of ether oxygens (including phenoxy) is 1. The van der Waals surface area contributed by atoms with Crippen LogP contribution in [0.4, 0.5) is 5.69 Å². The Labute approximate surface area is 119 Å². The zero-order valence-electron chi connectivity index (χ0n) is 12.2. The van der Waals surface area contributed by atoms with Gasteiger partial charge >= 0.3 is 5.97 Å². The number of hydrogen-bond donors (Lipinski definition) is 1. The predicted molar refractivity (Wildman–Crippen MR) is 74.8 cm³/mol. The third-order valence-electron chi connectivity index (χ3n) is 3.62. The second-order valence-corrected chi connectivity index (χ2v) is 5.54. The molecular weight excluding hydrogens is 258 g/mol. The number of carbonyl (C=O) groups is 1. The highest BCUT2D eigenvalue weighted by atomic mass is 16.8. The Hall–Kier alpha value is -1.59. The summed E-state index contributed by atoms with van der Waals surface area (Å²) in [6.45, 7) is 5.47. The average molecular weight is 279 g/mol. The molecule has 110 valence electrons. The molecule has 1 aliphatic heterocycles. The molecule has 3 atom stereocenters. The zero-order valence-corrected chi connectivity index (χ0v) is 12.2. The highest BCUT2D eigenvalue weighted by molar-refractivity contribution is 5.76. The van der Waals surface area contributed by atoms with E-state index in [0.29, 0.717) is 0 Å². The van der Waals surface area contributed by atoms with Gasteiger partial charge in [-0.15, -0.1) is 0 Å². The molecule has 0 unspecified atom stereocenters. The summed E-state index contributed by atoms with van der Waals surface area (Å²) in [7, 11) is 1.32. The molecule has 1 saturated heterocycles. The number of hydrogen-bond acceptors (Lipinski definition) is 5. The number of carbonyl (C=O) groups excluding carboxylic acids is 1. The summed E-state index contributed by atoms with van der Waals surface area (Å²) in [5.74, 6) is -2.70. The molecule has 1 aromatic rings. The van der Waals surface area contributed by atoms with Crippen molar-refractivity contribution in [2.24, 2.45) is 11.8 Å². The maximum absolute atomic E-state index is 12.0. The number of esters is 1. The van der Waals surface area contributed by atoms with Crippen LogP contribution in [0.3, 0.4) is 0 Å². The molecule has 0 aliphatic carbocycles. The van der Waals surface area contributed by atoms with Crippen LogP contribution in [0.2, 0.25) is 0 Å². The normalized spacial score (nSPS) is 29.8. The molecular formula is C15H21NO4. The lowest BCUT2D eigenvalue weighted by Gasteiger charge is -2.28. The Balaban J connectivity index is 2.42. The van der Waals surface area contributed by atoms with Crippen LogP contribution in [0.1, 0.15) is 20.8 Å². The number of aliphatic hydroxyl groups is 1. The minimum absolute atomic E-state index is 0.105. The van der Waals surface area contributed by atoms with Crippen LogP contribution in [0.25, 0.3) is 0 Å². The molecule has 0 saturated carbocycles. The summed E-state index contributed by atoms with van der Waals surface area (Å²) in [5, 5.41) is 12.1. The molecule has 1 aliphatic rings. The summed E-state index contributed by atoms with van der Waals surface area (Å²) in [5.41, 5.74) is 0.804. The zero-order chi connectivity index (χ0) is 14.9. The summed E-state index contributed by atoms with van der Waals surface area (Å²) in [6.07, 6.45) is 0. The van der Waals surface area contributed by atoms with E-state index in [0.717, 1.165) is 5.69 Å². The molecule has 1 N–H and O–H groups in total. The molecule has 2 rings (SSSR count). The molecule has 1 heterocycles. The summed E-state index contributed by atoms with van der Waals surface area (Å²) in [4.78, 5) is 17.7. The number of rotatable bonds is 3. The van der Waals surface area contributed by atoms with Crippen molar-refractivity contribution >= 4 is 11.7 Å². The molecule has 0 radical (unpaired) electrons. The van der Waals surface area contributed by atoms with Gasteiger partial charge in [-0.05, 0) is 25.0 Å². The molecule has 5 heteroatoms. The van der Waals surface area contributed by atoms with Crippen molar-refractivity contribution in [3.63, 3.8) is 0 Å². The van der Waals surface area contributed by atoms with Gasteiger partial charge in [-0.3, -0.25) is 4.79 Å². The Bertz CT molecular complexity index is 472. The maximum atomic E-state index is 12.0. The van der Waals surface area contributed by atoms with Gasteiger partial charge in [0.2, 0.25) is 5.79 Å². The molecule has 1 aromatic carbocycles. The van der Waals surface area contributed by atoms with Crippen molar-refractivity contribution < 1.29 is 19.5 Å². The monoisotopic (exact) mass is 279 g/mol. The van der Waals surface area contributed by atoms with Gasteiger partial charge in [0.25, 0.3) is 0 Å². The number of hydroxylamine groups is 1. The molecule has 0 bridgehead atoms. The van der Waals surface area contributed by atoms with Gasteiger partial charge in [-0.1, -0.05) is 32.0 Å². The Kier molecular flexibility index (Phi) is 4.01. The SMILES string of the molecule is COC(=O)[C@@H]1[C@@H](C(C)C)N(c2ccccc2)O[C@]1(C)O. The fraction of sp³-hybridized carbons (Fsp3) is 0.533. The summed E-state index contributed by atoms with van der Waals surface area (Å²) < 4.78 is 4.83. The summed E-state index contributed by atoms with van der Waals surface area (Å²) in [6, 6.07) is 9.14. The number of para-hydroxylation sites is 1. The van der Waals surface area contributed by atoms with E-state index in [1.807, 2.05) is 44.2 Å². The van der Waals surface area contributed by atoms with Gasteiger partial charge in [0.1, 0.15) is 5.92 Å². The van der Waals surface area contributed by atoms with E-state index in [9.17, 15) is 9.90 Å². The second kappa shape index (κ2) is 5.42. The maximum Gasteiger partial charge on any atom is 0.316 e. The van der Waals surface area contributed by atoms with Crippen molar-refractivity contribution in [1.82, 2.24) is 0 Å². The number of benzene rings is 1. The van der Waals surface area contributed by atoms with Crippen LogP contribution >= 0.6 is 0 Å². The van der Waals surface area contributed by atoms with Crippen LogP contribution in [0.15, 0.2) is 30.3 Å². The molecule has 0 spiro atoms. The first-order valence-electron chi connectivity index (χ1n) is 6.72. The molecule has 1 fully saturated rings. The van der Waals surface area contributed by atoms with Crippen molar-refractivity contribution in [2.75, 3.05) is 12.2 Å². The quantitative estimate of drug-likeness (QED) is 0.857. The molecule has 0 amide bonds. The average Bonchev–Trinajstić information content (AvgIpc) is 2.71. The first-order valence-corrected chi connectivity index (χ1v) is 6.72. The fourth-order valence-corrected chi connectivity index (χ4v) is 2.71. The first kappa shape index (κ1) is 14.8. The topological polar surface area (TPSA) is 59.0 Å². The number of methoxy groups -OCH3 is 1. The van der Waals surface area contributed by atoms with E-state index in [1.54, 1.807) is 5.06 Å². The van der Waals surface area contributed by atoms with Gasteiger partial charge in [-0.2, -0.15) is 0 Å². The predicted octanol–water partition coefficient (Wildman–Crippen LogP) is 1.96. The number of anilines is 1. The molecule has 20 heavy (non-hydrogen) atoms. The van der Waals surface area contributed by atoms with Gasteiger partial charge < -0.3 is 9.84 Å². The van der Waals surface area contributed by atoms with E-state index >= 15 is 0 Å². The van der Waals surface area contributed by atoms with Gasteiger partial charge in [0.15, 0.2) is 0 Å². The van der Waals surface area contributed by atoms with Crippen LogP contribution in [-0.2, 0) is 14.4 Å². The Morgan fingerprint density at radius 3 is 2.50 bits per heavy atom. The number of nitrogens with zero attached hydrogens (tertiary/aromatic N) is 1. The van der Waals surface area contributed by atoms with Crippen molar-refractivity contribution in [3.05, 3.63) is 30.3 Å². The van der Waals surface area contributed by atoms with Gasteiger partial charge in [0.05, 0.1) is 18.8 Å². The second-order valence-electron chi connectivity index (χ2n) is 5.54. The lowest BCUT2D eigenvalue weighted by molar-refractivity contribution is -0.198. The van der Waals surface area contributed by atoms with Crippen LogP contribution in [-0.4, -0.2) is 30.0 Å². The van der Waals surface area contributed by atoms with E-state index in [-0.39, 0.29) is 12.0 Å². The highest BCUT2D eigenvalue weighted by Crippen LogP contribution is 2.41. The standard InChI is InChI=1S/C15H21NO4/c1-10(2)13-12(14(17)19-4)15(3,18)20-16(13)11-8-6-5-7-9-11/h5-10,12-13,18H,1-4H3/t12-,13+,15-/m0/s1. The van der Waals surface area contributed by atoms with E-state index in [1.165, 1.54) is 14.0 Å². The third kappa shape index (κ3) is 2.51. The molecule has 5 nitrogen and oxygen atoms in total. The fourth-order valence-electron chi connectivity index (χ4n) is 2.71. The lowest BCUT2D eigenvalue weighted by atomic mass is 9.86. The van der Waals surface area contributed by atoms with Crippen molar-refractivity contribution in [3.8, 4) is 0 Å². The van der Waals surface area contributed by atoms with E-state index < -0.39 is 17.7 Å². The van der Waals surface area contributed by atoms with Crippen LogP contribution in [0, 0.1) is 11.8 Å². The first-order chi connectivity index (χ1) is 9.38. The van der Waals surface area contributed by atoms with Crippen LogP contribution < -0.4 is 5.06 Å². The van der Waals surface area contributed by atoms with Crippen molar-refractivity contribution in [2.45, 2.75) is 32.6 Å². The third-order valence-corrected chi connectivity index (χ3v) is 3.62. The Morgan fingerprint density at radius 1 is 1.40 bits per heavy atom.